The van der Waals surface area contributed by atoms with Gasteiger partial charge in [0.05, 0.1) is 36.4 Å². The van der Waals surface area contributed by atoms with Gasteiger partial charge in [-0.25, -0.2) is 9.97 Å². The SMILES string of the molecule is COc1ncccc1-c1ccc(O)c(-c2nc3ccc(C(=O)N(C)C4CCOC4)cc3[nH]2)c1. The maximum atomic E-state index is 12.9. The molecular weight excluding hydrogens is 420 g/mol. The first-order chi connectivity index (χ1) is 16.0. The van der Waals surface area contributed by atoms with E-state index in [1.54, 1.807) is 49.5 Å². The van der Waals surface area contributed by atoms with E-state index in [1.807, 2.05) is 24.3 Å². The first kappa shape index (κ1) is 21.0. The van der Waals surface area contributed by atoms with E-state index in [-0.39, 0.29) is 17.7 Å². The van der Waals surface area contributed by atoms with Gasteiger partial charge in [0.1, 0.15) is 11.6 Å². The molecule has 1 saturated heterocycles. The number of H-pyrrole nitrogens is 1. The van der Waals surface area contributed by atoms with Crippen molar-refractivity contribution < 1.29 is 19.4 Å². The average Bonchev–Trinajstić information content (AvgIpc) is 3.53. The molecular formula is C25H24N4O4. The first-order valence-corrected chi connectivity index (χ1v) is 10.7. The molecule has 1 unspecified atom stereocenters. The number of fused-ring (bicyclic) bond motifs is 1. The molecule has 168 valence electrons. The van der Waals surface area contributed by atoms with Gasteiger partial charge in [0, 0.05) is 31.0 Å². The number of ether oxygens (including phenoxy) is 2. The lowest BCUT2D eigenvalue weighted by Crippen LogP contribution is -2.37. The quantitative estimate of drug-likeness (QED) is 0.485. The Morgan fingerprint density at radius 2 is 2.09 bits per heavy atom. The molecule has 0 bridgehead atoms. The zero-order chi connectivity index (χ0) is 22.9. The molecule has 0 spiro atoms. The van der Waals surface area contributed by atoms with Gasteiger partial charge >= 0.3 is 0 Å². The van der Waals surface area contributed by atoms with Gasteiger partial charge in [-0.2, -0.15) is 0 Å². The normalized spacial score (nSPS) is 15.6. The molecule has 1 aliphatic heterocycles. The number of benzene rings is 2. The summed E-state index contributed by atoms with van der Waals surface area (Å²) in [5.74, 6) is 1.04. The number of aromatic nitrogens is 3. The van der Waals surface area contributed by atoms with Crippen molar-refractivity contribution in [3.05, 3.63) is 60.3 Å². The Labute approximate surface area is 190 Å². The van der Waals surface area contributed by atoms with Crippen molar-refractivity contribution in [2.45, 2.75) is 12.5 Å². The number of amides is 1. The molecule has 33 heavy (non-hydrogen) atoms. The second kappa shape index (κ2) is 8.55. The lowest BCUT2D eigenvalue weighted by atomic mass is 10.0. The van der Waals surface area contributed by atoms with Crippen LogP contribution < -0.4 is 4.74 Å². The highest BCUT2D eigenvalue weighted by molar-refractivity contribution is 5.98. The maximum Gasteiger partial charge on any atom is 0.254 e. The van der Waals surface area contributed by atoms with E-state index in [4.69, 9.17) is 9.47 Å². The van der Waals surface area contributed by atoms with E-state index in [2.05, 4.69) is 15.0 Å². The summed E-state index contributed by atoms with van der Waals surface area (Å²) in [5.41, 5.74) is 4.19. The zero-order valence-corrected chi connectivity index (χ0v) is 18.4. The number of nitrogens with one attached hydrogen (secondary N) is 1. The molecule has 8 heteroatoms. The minimum Gasteiger partial charge on any atom is -0.507 e. The Balaban J connectivity index is 1.50. The second-order valence-electron chi connectivity index (χ2n) is 8.04. The number of aromatic hydroxyl groups is 1. The van der Waals surface area contributed by atoms with Crippen LogP contribution in [0.25, 0.3) is 33.5 Å². The summed E-state index contributed by atoms with van der Waals surface area (Å²) in [6, 6.07) is 14.5. The highest BCUT2D eigenvalue weighted by atomic mass is 16.5. The van der Waals surface area contributed by atoms with Crippen LogP contribution in [0.2, 0.25) is 0 Å². The van der Waals surface area contributed by atoms with Crippen molar-refractivity contribution in [3.63, 3.8) is 0 Å². The number of likely N-dealkylation sites (N-methyl/N-ethyl adjacent to an activating group) is 1. The fourth-order valence-corrected chi connectivity index (χ4v) is 4.13. The summed E-state index contributed by atoms with van der Waals surface area (Å²) in [4.78, 5) is 26.8. The van der Waals surface area contributed by atoms with Gasteiger partial charge in [-0.3, -0.25) is 4.79 Å². The summed E-state index contributed by atoms with van der Waals surface area (Å²) in [6.07, 6.45) is 2.51. The Morgan fingerprint density at radius 1 is 1.21 bits per heavy atom. The molecule has 2 aromatic carbocycles. The molecule has 4 aromatic rings. The van der Waals surface area contributed by atoms with Crippen LogP contribution in [0.5, 0.6) is 11.6 Å². The predicted molar refractivity (Wildman–Crippen MR) is 124 cm³/mol. The number of hydrogen-bond acceptors (Lipinski definition) is 6. The minimum absolute atomic E-state index is 0.0583. The Bertz CT molecular complexity index is 1330. The molecule has 1 fully saturated rings. The number of carbonyl (C=O) groups excluding carboxylic acids is 1. The third-order valence-corrected chi connectivity index (χ3v) is 6.03. The largest absolute Gasteiger partial charge is 0.507 e. The summed E-state index contributed by atoms with van der Waals surface area (Å²) >= 11 is 0. The highest BCUT2D eigenvalue weighted by Gasteiger charge is 2.25. The van der Waals surface area contributed by atoms with Crippen LogP contribution in [0.1, 0.15) is 16.8 Å². The molecule has 5 rings (SSSR count). The second-order valence-corrected chi connectivity index (χ2v) is 8.04. The third kappa shape index (κ3) is 3.89. The first-order valence-electron chi connectivity index (χ1n) is 10.7. The van der Waals surface area contributed by atoms with Gasteiger partial charge in [-0.05, 0) is 54.4 Å². The van der Waals surface area contributed by atoms with Gasteiger partial charge in [0.2, 0.25) is 5.88 Å². The molecule has 1 amide bonds. The molecule has 1 atom stereocenters. The Kier molecular flexibility index (Phi) is 5.43. The smallest absolute Gasteiger partial charge is 0.254 e. The summed E-state index contributed by atoms with van der Waals surface area (Å²) < 4.78 is 10.8. The van der Waals surface area contributed by atoms with Crippen LogP contribution in [-0.4, -0.2) is 64.3 Å². The Hall–Kier alpha value is -3.91. The van der Waals surface area contributed by atoms with Crippen molar-refractivity contribution in [1.29, 1.82) is 0 Å². The van der Waals surface area contributed by atoms with Crippen molar-refractivity contribution in [2.24, 2.45) is 0 Å². The van der Waals surface area contributed by atoms with Crippen LogP contribution in [-0.2, 0) is 4.74 Å². The zero-order valence-electron chi connectivity index (χ0n) is 18.4. The van der Waals surface area contributed by atoms with Crippen molar-refractivity contribution in [2.75, 3.05) is 27.4 Å². The summed E-state index contributed by atoms with van der Waals surface area (Å²) in [6.45, 7) is 1.24. The van der Waals surface area contributed by atoms with Crippen molar-refractivity contribution >= 4 is 16.9 Å². The van der Waals surface area contributed by atoms with E-state index in [0.717, 1.165) is 23.1 Å². The summed E-state index contributed by atoms with van der Waals surface area (Å²) in [7, 11) is 3.38. The monoisotopic (exact) mass is 444 g/mol. The average molecular weight is 444 g/mol. The van der Waals surface area contributed by atoms with E-state index < -0.39 is 0 Å². The van der Waals surface area contributed by atoms with Gasteiger partial charge in [0.15, 0.2) is 0 Å². The topological polar surface area (TPSA) is 101 Å². The van der Waals surface area contributed by atoms with Crippen molar-refractivity contribution in [3.8, 4) is 34.1 Å². The van der Waals surface area contributed by atoms with Crippen LogP contribution in [0.15, 0.2) is 54.7 Å². The number of methoxy groups -OCH3 is 1. The molecule has 1 aliphatic rings. The van der Waals surface area contributed by atoms with Crippen molar-refractivity contribution in [1.82, 2.24) is 19.9 Å². The van der Waals surface area contributed by atoms with E-state index in [0.29, 0.717) is 41.6 Å². The van der Waals surface area contributed by atoms with Gasteiger partial charge in [-0.15, -0.1) is 0 Å². The summed E-state index contributed by atoms with van der Waals surface area (Å²) in [5, 5.41) is 10.5. The number of rotatable bonds is 5. The number of pyridine rings is 1. The third-order valence-electron chi connectivity index (χ3n) is 6.03. The Morgan fingerprint density at radius 3 is 2.88 bits per heavy atom. The van der Waals surface area contributed by atoms with E-state index in [9.17, 15) is 9.90 Å². The van der Waals surface area contributed by atoms with Gasteiger partial charge in [-0.1, -0.05) is 6.07 Å². The lowest BCUT2D eigenvalue weighted by Gasteiger charge is -2.23. The van der Waals surface area contributed by atoms with Crippen LogP contribution >= 0.6 is 0 Å². The fourth-order valence-electron chi connectivity index (χ4n) is 4.13. The van der Waals surface area contributed by atoms with E-state index >= 15 is 0 Å². The number of nitrogens with zero attached hydrogens (tertiary/aromatic N) is 3. The standard InChI is InChI=1S/C25H24N4O4/c1-29(17-9-11-33-14-17)25(31)16-5-7-20-21(13-16)28-23(27-20)19-12-15(6-8-22(19)30)18-4-3-10-26-24(18)32-2/h3-8,10,12-13,17,30H,9,11,14H2,1-2H3,(H,27,28). The number of aromatic amines is 1. The van der Waals surface area contributed by atoms with E-state index in [1.165, 1.54) is 0 Å². The molecule has 0 radical (unpaired) electrons. The van der Waals surface area contributed by atoms with Crippen LogP contribution in [0.4, 0.5) is 0 Å². The lowest BCUT2D eigenvalue weighted by molar-refractivity contribution is 0.0711. The fraction of sp³-hybridized carbons (Fsp3) is 0.240. The highest BCUT2D eigenvalue weighted by Crippen LogP contribution is 2.35. The van der Waals surface area contributed by atoms with Gasteiger partial charge < -0.3 is 24.5 Å². The molecule has 0 aliphatic carbocycles. The molecule has 2 aromatic heterocycles. The van der Waals surface area contributed by atoms with Crippen LogP contribution in [0, 0.1) is 0 Å². The molecule has 8 nitrogen and oxygen atoms in total. The number of phenols is 1. The molecule has 2 N–H and O–H groups in total. The number of hydrogen-bond donors (Lipinski definition) is 2. The minimum atomic E-state index is -0.0583. The van der Waals surface area contributed by atoms with Gasteiger partial charge in [0.25, 0.3) is 5.91 Å². The van der Waals surface area contributed by atoms with Crippen LogP contribution in [0.3, 0.4) is 0 Å². The maximum absolute atomic E-state index is 12.9. The number of phenolic OH excluding ortho intramolecular Hbond substituents is 1. The predicted octanol–water partition coefficient (Wildman–Crippen LogP) is 3.87. The molecule has 3 heterocycles. The molecule has 0 saturated carbocycles. The number of carbonyl (C=O) groups is 1. The number of imidazole rings is 1.